The SMILES string of the molecule is C1=C(c2ccc3[nH]ccc3c2)CNCC1. The summed E-state index contributed by atoms with van der Waals surface area (Å²) in [6.07, 6.45) is 5.47. The van der Waals surface area contributed by atoms with Crippen LogP contribution in [0.2, 0.25) is 0 Å². The van der Waals surface area contributed by atoms with E-state index >= 15 is 0 Å². The van der Waals surface area contributed by atoms with Crippen molar-refractivity contribution in [1.82, 2.24) is 10.3 Å². The van der Waals surface area contributed by atoms with E-state index in [1.54, 1.807) is 0 Å². The molecule has 1 aromatic heterocycles. The molecule has 0 fully saturated rings. The van der Waals surface area contributed by atoms with Crippen molar-refractivity contribution in [3.8, 4) is 0 Å². The molecule has 15 heavy (non-hydrogen) atoms. The van der Waals surface area contributed by atoms with Gasteiger partial charge in [0.15, 0.2) is 0 Å². The maximum atomic E-state index is 3.40. The Morgan fingerprint density at radius 1 is 1.13 bits per heavy atom. The lowest BCUT2D eigenvalue weighted by Crippen LogP contribution is -2.21. The first-order valence-corrected chi connectivity index (χ1v) is 5.41. The van der Waals surface area contributed by atoms with Gasteiger partial charge in [-0.2, -0.15) is 0 Å². The van der Waals surface area contributed by atoms with E-state index < -0.39 is 0 Å². The molecule has 0 aliphatic carbocycles. The van der Waals surface area contributed by atoms with Gasteiger partial charge in [0.25, 0.3) is 0 Å². The second kappa shape index (κ2) is 3.55. The molecule has 2 heterocycles. The molecule has 1 aliphatic heterocycles. The second-order valence-corrected chi connectivity index (χ2v) is 3.97. The first-order chi connectivity index (χ1) is 7.43. The lowest BCUT2D eigenvalue weighted by molar-refractivity contribution is 0.739. The molecule has 2 heteroatoms. The summed E-state index contributed by atoms with van der Waals surface area (Å²) in [4.78, 5) is 3.21. The average molecular weight is 198 g/mol. The summed E-state index contributed by atoms with van der Waals surface area (Å²) < 4.78 is 0. The minimum Gasteiger partial charge on any atom is -0.361 e. The average Bonchev–Trinajstić information content (AvgIpc) is 2.77. The van der Waals surface area contributed by atoms with Gasteiger partial charge < -0.3 is 10.3 Å². The monoisotopic (exact) mass is 198 g/mol. The molecule has 2 aromatic rings. The molecule has 2 nitrogen and oxygen atoms in total. The molecular weight excluding hydrogens is 184 g/mol. The Labute approximate surface area is 89.0 Å². The quantitative estimate of drug-likeness (QED) is 0.724. The van der Waals surface area contributed by atoms with Crippen LogP contribution in [0, 0.1) is 0 Å². The van der Waals surface area contributed by atoms with E-state index in [-0.39, 0.29) is 0 Å². The maximum Gasteiger partial charge on any atom is 0.0454 e. The summed E-state index contributed by atoms with van der Waals surface area (Å²) in [5.74, 6) is 0. The molecule has 3 rings (SSSR count). The van der Waals surface area contributed by atoms with Crippen LogP contribution in [-0.2, 0) is 0 Å². The lowest BCUT2D eigenvalue weighted by Gasteiger charge is -2.14. The first-order valence-electron chi connectivity index (χ1n) is 5.41. The summed E-state index contributed by atoms with van der Waals surface area (Å²) in [6.45, 7) is 2.10. The summed E-state index contributed by atoms with van der Waals surface area (Å²) >= 11 is 0. The minimum atomic E-state index is 0.996. The van der Waals surface area contributed by atoms with Crippen molar-refractivity contribution in [2.45, 2.75) is 6.42 Å². The zero-order valence-electron chi connectivity index (χ0n) is 8.59. The van der Waals surface area contributed by atoms with Crippen molar-refractivity contribution in [3.63, 3.8) is 0 Å². The fourth-order valence-corrected chi connectivity index (χ4v) is 2.12. The Bertz CT molecular complexity index is 508. The van der Waals surface area contributed by atoms with Crippen LogP contribution in [0.25, 0.3) is 16.5 Å². The highest BCUT2D eigenvalue weighted by Crippen LogP contribution is 2.21. The van der Waals surface area contributed by atoms with Crippen molar-refractivity contribution >= 4 is 16.5 Å². The summed E-state index contributed by atoms with van der Waals surface area (Å²) in [7, 11) is 0. The van der Waals surface area contributed by atoms with Crippen LogP contribution in [0.3, 0.4) is 0 Å². The summed E-state index contributed by atoms with van der Waals surface area (Å²) in [5.41, 5.74) is 3.97. The fraction of sp³-hybridized carbons (Fsp3) is 0.231. The summed E-state index contributed by atoms with van der Waals surface area (Å²) in [6, 6.07) is 8.72. The number of nitrogens with one attached hydrogen (secondary N) is 2. The minimum absolute atomic E-state index is 0.996. The van der Waals surface area contributed by atoms with Crippen LogP contribution in [0.4, 0.5) is 0 Å². The van der Waals surface area contributed by atoms with Crippen LogP contribution < -0.4 is 5.32 Å². The molecule has 0 saturated heterocycles. The number of aromatic amines is 1. The van der Waals surface area contributed by atoms with Gasteiger partial charge in [-0.3, -0.25) is 0 Å². The van der Waals surface area contributed by atoms with Crippen LogP contribution in [0.15, 0.2) is 36.5 Å². The molecule has 0 bridgehead atoms. The molecule has 0 unspecified atom stereocenters. The number of benzene rings is 1. The van der Waals surface area contributed by atoms with E-state index in [2.05, 4.69) is 40.6 Å². The highest BCUT2D eigenvalue weighted by Gasteiger charge is 2.06. The number of H-pyrrole nitrogens is 1. The number of hydrogen-bond donors (Lipinski definition) is 2. The third-order valence-electron chi connectivity index (χ3n) is 2.95. The molecular formula is C13H14N2. The van der Waals surface area contributed by atoms with E-state index in [0.29, 0.717) is 0 Å². The van der Waals surface area contributed by atoms with E-state index in [0.717, 1.165) is 19.5 Å². The molecule has 0 amide bonds. The van der Waals surface area contributed by atoms with Gasteiger partial charge in [-0.25, -0.2) is 0 Å². The smallest absolute Gasteiger partial charge is 0.0454 e. The van der Waals surface area contributed by atoms with Gasteiger partial charge in [0.2, 0.25) is 0 Å². The van der Waals surface area contributed by atoms with Crippen molar-refractivity contribution < 1.29 is 0 Å². The van der Waals surface area contributed by atoms with E-state index in [1.165, 1.54) is 22.0 Å². The van der Waals surface area contributed by atoms with Gasteiger partial charge in [0.1, 0.15) is 0 Å². The summed E-state index contributed by atoms with van der Waals surface area (Å²) in [5, 5.41) is 4.69. The Morgan fingerprint density at radius 3 is 3.00 bits per heavy atom. The predicted octanol–water partition coefficient (Wildman–Crippen LogP) is 2.54. The lowest BCUT2D eigenvalue weighted by atomic mass is 10.0. The predicted molar refractivity (Wildman–Crippen MR) is 63.8 cm³/mol. The number of rotatable bonds is 1. The Kier molecular flexibility index (Phi) is 2.07. The van der Waals surface area contributed by atoms with E-state index in [1.807, 2.05) is 6.20 Å². The highest BCUT2D eigenvalue weighted by atomic mass is 14.9. The molecule has 1 aliphatic rings. The highest BCUT2D eigenvalue weighted by molar-refractivity contribution is 5.84. The third-order valence-corrected chi connectivity index (χ3v) is 2.95. The van der Waals surface area contributed by atoms with Gasteiger partial charge in [0.05, 0.1) is 0 Å². The Hall–Kier alpha value is -1.54. The van der Waals surface area contributed by atoms with Gasteiger partial charge in [-0.1, -0.05) is 12.1 Å². The molecule has 76 valence electrons. The molecule has 0 radical (unpaired) electrons. The van der Waals surface area contributed by atoms with Crippen LogP contribution in [0.1, 0.15) is 12.0 Å². The van der Waals surface area contributed by atoms with Crippen molar-refractivity contribution in [3.05, 3.63) is 42.1 Å². The van der Waals surface area contributed by atoms with E-state index in [9.17, 15) is 0 Å². The zero-order chi connectivity index (χ0) is 10.1. The van der Waals surface area contributed by atoms with Crippen LogP contribution in [0.5, 0.6) is 0 Å². The second-order valence-electron chi connectivity index (χ2n) is 3.97. The van der Waals surface area contributed by atoms with Crippen LogP contribution in [-0.4, -0.2) is 18.1 Å². The number of fused-ring (bicyclic) bond motifs is 1. The van der Waals surface area contributed by atoms with Gasteiger partial charge in [0, 0.05) is 18.3 Å². The topological polar surface area (TPSA) is 27.8 Å². The van der Waals surface area contributed by atoms with Crippen LogP contribution >= 0.6 is 0 Å². The zero-order valence-corrected chi connectivity index (χ0v) is 8.59. The Balaban J connectivity index is 2.06. The fourth-order valence-electron chi connectivity index (χ4n) is 2.12. The largest absolute Gasteiger partial charge is 0.361 e. The molecule has 2 N–H and O–H groups in total. The van der Waals surface area contributed by atoms with Crippen molar-refractivity contribution in [2.75, 3.05) is 13.1 Å². The normalized spacial score (nSPS) is 16.7. The number of hydrogen-bond acceptors (Lipinski definition) is 1. The molecule has 0 saturated carbocycles. The Morgan fingerprint density at radius 2 is 2.13 bits per heavy atom. The van der Waals surface area contributed by atoms with Gasteiger partial charge in [-0.15, -0.1) is 0 Å². The standard InChI is InChI=1S/C13H14N2/c1-2-12(9-14-6-1)10-3-4-13-11(8-10)5-7-15-13/h2-5,7-8,14-15H,1,6,9H2. The van der Waals surface area contributed by atoms with Crippen molar-refractivity contribution in [1.29, 1.82) is 0 Å². The van der Waals surface area contributed by atoms with Gasteiger partial charge in [-0.05, 0) is 47.7 Å². The maximum absolute atomic E-state index is 3.40. The molecule has 0 atom stereocenters. The van der Waals surface area contributed by atoms with Crippen molar-refractivity contribution in [2.24, 2.45) is 0 Å². The van der Waals surface area contributed by atoms with Gasteiger partial charge >= 0.3 is 0 Å². The molecule has 0 spiro atoms. The number of aromatic nitrogens is 1. The first kappa shape index (κ1) is 8.74. The molecule has 1 aromatic carbocycles. The van der Waals surface area contributed by atoms with E-state index in [4.69, 9.17) is 0 Å². The third kappa shape index (κ3) is 1.57.